The van der Waals surface area contributed by atoms with Gasteiger partial charge in [0, 0.05) is 73.3 Å². The minimum atomic E-state index is -0.193. The van der Waals surface area contributed by atoms with Gasteiger partial charge in [0.15, 0.2) is 0 Å². The molecule has 0 N–H and O–H groups in total. The third-order valence-corrected chi connectivity index (χ3v) is 18.2. The molecule has 13 rings (SSSR count). The first kappa shape index (κ1) is 44.9. The Kier molecular flexibility index (Phi) is 10.7. The van der Waals surface area contributed by atoms with Crippen LogP contribution < -0.4 is 0 Å². The summed E-state index contributed by atoms with van der Waals surface area (Å²) in [6, 6.07) is 68.6. The average Bonchev–Trinajstić information content (AvgIpc) is 4.17. The normalized spacial score (nSPS) is 21.9. The predicted octanol–water partition coefficient (Wildman–Crippen LogP) is 17.0. The second-order valence-electron chi connectivity index (χ2n) is 21.8. The maximum absolute atomic E-state index is 5.42. The Morgan fingerprint density at radius 3 is 1.42 bits per heavy atom. The van der Waals surface area contributed by atoms with Crippen molar-refractivity contribution in [2.24, 2.45) is 0 Å². The van der Waals surface area contributed by atoms with Crippen LogP contribution in [0.4, 0.5) is 0 Å². The van der Waals surface area contributed by atoms with Gasteiger partial charge in [0.25, 0.3) is 0 Å². The summed E-state index contributed by atoms with van der Waals surface area (Å²) in [5.41, 5.74) is 19.0. The number of pyridine rings is 4. The molecule has 4 atom stereocenters. The van der Waals surface area contributed by atoms with E-state index < -0.39 is 0 Å². The molecule has 0 bridgehead atoms. The van der Waals surface area contributed by atoms with E-state index in [0.717, 1.165) is 111 Å². The molecule has 5 heteroatoms. The molecule has 2 aliphatic rings. The van der Waals surface area contributed by atoms with Crippen LogP contribution >= 0.6 is 0 Å². The summed E-state index contributed by atoms with van der Waals surface area (Å²) < 4.78 is 2.09. The van der Waals surface area contributed by atoms with Crippen molar-refractivity contribution < 1.29 is 0 Å². The van der Waals surface area contributed by atoms with Gasteiger partial charge in [0.05, 0.1) is 34.1 Å². The molecule has 0 aliphatic heterocycles. The molecule has 2 fully saturated rings. The van der Waals surface area contributed by atoms with E-state index in [1.807, 2.05) is 6.20 Å². The first-order valence-corrected chi connectivity index (χ1v) is 26.2. The van der Waals surface area contributed by atoms with Crippen LogP contribution in [0.25, 0.3) is 83.2 Å². The Morgan fingerprint density at radius 1 is 0.384 bits per heavy atom. The second-order valence-corrected chi connectivity index (χ2v) is 21.8. The lowest BCUT2D eigenvalue weighted by molar-refractivity contribution is 0.292. The van der Waals surface area contributed by atoms with Gasteiger partial charge < -0.3 is 0 Å². The fourth-order valence-corrected chi connectivity index (χ4v) is 13.6. The fraction of sp³-hybridized carbons (Fsp3) is 0.206. The highest BCUT2D eigenvalue weighted by atomic mass is 15.2. The van der Waals surface area contributed by atoms with Crippen molar-refractivity contribution in [3.8, 4) is 55.9 Å². The van der Waals surface area contributed by atoms with Gasteiger partial charge in [-0.3, -0.25) is 15.0 Å². The smallest absolute Gasteiger partial charge is 0.0824 e. The highest BCUT2D eigenvalue weighted by Gasteiger charge is 2.54. The van der Waals surface area contributed by atoms with E-state index >= 15 is 0 Å². The first-order valence-electron chi connectivity index (χ1n) is 26.2. The second kappa shape index (κ2) is 17.3. The van der Waals surface area contributed by atoms with E-state index in [1.54, 1.807) is 0 Å². The number of para-hydroxylation sites is 1. The maximum atomic E-state index is 5.42. The Morgan fingerprint density at radius 2 is 0.877 bits per heavy atom. The van der Waals surface area contributed by atoms with Crippen molar-refractivity contribution in [1.82, 2.24) is 24.6 Å². The van der Waals surface area contributed by atoms with E-state index in [1.165, 1.54) is 33.4 Å². The van der Waals surface area contributed by atoms with Gasteiger partial charge in [-0.15, -0.1) is 0 Å². The lowest BCUT2D eigenvalue weighted by Crippen LogP contribution is -2.42. The van der Waals surface area contributed by atoms with Gasteiger partial charge in [-0.1, -0.05) is 204 Å². The molecule has 0 amide bonds. The monoisotopic (exact) mass is 945 g/mol. The van der Waals surface area contributed by atoms with E-state index in [0.29, 0.717) is 0 Å². The van der Waals surface area contributed by atoms with Crippen molar-refractivity contribution in [3.63, 3.8) is 0 Å². The molecule has 0 saturated heterocycles. The summed E-state index contributed by atoms with van der Waals surface area (Å²) in [7, 11) is 0. The number of fused-ring (bicyclic) bond motifs is 6. The van der Waals surface area contributed by atoms with Gasteiger partial charge in [-0.2, -0.15) is 5.10 Å². The molecule has 0 radical (unpaired) electrons. The van der Waals surface area contributed by atoms with Crippen LogP contribution in [0.15, 0.2) is 213 Å². The summed E-state index contributed by atoms with van der Waals surface area (Å²) >= 11 is 0. The quantitative estimate of drug-likeness (QED) is 0.135. The standard InChI is InChI=1S/C68H59N5/c1-65(50-30-32-58(69-43-50)46-20-8-5-9-21-46)35-18-37-67(65,3)52-40-49(41-53(42-52)68(4)38-19-36-66(68,2)51-31-33-59(70-44-51)47-22-10-6-11-23-47)54-26-14-15-27-55(54)57-45-71-64-56-28-16-17-29-60(56)73-61(34-39-72-73)63(64)62(57)48-24-12-7-13-25-48/h5-17,20-34,39-45H,18-19,35-38H2,1-4H3/t65-,66-,67-,68-/m1/s1. The van der Waals surface area contributed by atoms with Crippen LogP contribution in [0.1, 0.15) is 88.5 Å². The van der Waals surface area contributed by atoms with Gasteiger partial charge in [0.1, 0.15) is 0 Å². The number of benzene rings is 6. The zero-order valence-corrected chi connectivity index (χ0v) is 42.2. The maximum Gasteiger partial charge on any atom is 0.0824 e. The Labute approximate surface area is 428 Å². The topological polar surface area (TPSA) is 56.0 Å². The van der Waals surface area contributed by atoms with Gasteiger partial charge >= 0.3 is 0 Å². The van der Waals surface area contributed by atoms with Crippen molar-refractivity contribution in [2.75, 3.05) is 0 Å². The van der Waals surface area contributed by atoms with E-state index in [2.05, 4.69) is 239 Å². The summed E-state index contributed by atoms with van der Waals surface area (Å²) in [6.07, 6.45) is 15.0. The first-order chi connectivity index (χ1) is 35.7. The highest BCUT2D eigenvalue weighted by Crippen LogP contribution is 2.60. The molecule has 5 aromatic heterocycles. The molecular weight excluding hydrogens is 887 g/mol. The Bertz CT molecular complexity index is 3720. The summed E-state index contributed by atoms with van der Waals surface area (Å²) in [5.74, 6) is 0. The zero-order valence-electron chi connectivity index (χ0n) is 42.2. The van der Waals surface area contributed by atoms with Crippen LogP contribution in [0.5, 0.6) is 0 Å². The number of aromatic nitrogens is 5. The van der Waals surface area contributed by atoms with Crippen LogP contribution in [0, 0.1) is 0 Å². The molecule has 6 aromatic carbocycles. The number of hydrogen-bond acceptors (Lipinski definition) is 4. The zero-order chi connectivity index (χ0) is 49.4. The van der Waals surface area contributed by atoms with Crippen LogP contribution in [0.3, 0.4) is 0 Å². The van der Waals surface area contributed by atoms with Crippen LogP contribution in [-0.2, 0) is 21.7 Å². The molecule has 73 heavy (non-hydrogen) atoms. The third-order valence-electron chi connectivity index (χ3n) is 18.2. The van der Waals surface area contributed by atoms with Crippen LogP contribution in [-0.4, -0.2) is 24.6 Å². The minimum Gasteiger partial charge on any atom is -0.256 e. The lowest BCUT2D eigenvalue weighted by atomic mass is 9.58. The molecule has 2 saturated carbocycles. The van der Waals surface area contributed by atoms with Gasteiger partial charge in [-0.05, 0) is 94.5 Å². The molecule has 0 unspecified atom stereocenters. The van der Waals surface area contributed by atoms with Gasteiger partial charge in [-0.25, -0.2) is 4.52 Å². The third kappa shape index (κ3) is 7.03. The van der Waals surface area contributed by atoms with Crippen molar-refractivity contribution in [3.05, 3.63) is 235 Å². The lowest BCUT2D eigenvalue weighted by Gasteiger charge is -2.45. The Hall–Kier alpha value is -8.02. The summed E-state index contributed by atoms with van der Waals surface area (Å²) in [4.78, 5) is 15.7. The summed E-state index contributed by atoms with van der Waals surface area (Å²) in [6.45, 7) is 10.1. The van der Waals surface area contributed by atoms with E-state index in [4.69, 9.17) is 20.1 Å². The number of hydrogen-bond donors (Lipinski definition) is 0. The average molecular weight is 946 g/mol. The number of rotatable bonds is 9. The molecule has 5 nitrogen and oxygen atoms in total. The molecular formula is C68H59N5. The molecule has 2 aliphatic carbocycles. The fourth-order valence-electron chi connectivity index (χ4n) is 13.6. The summed E-state index contributed by atoms with van der Waals surface area (Å²) in [5, 5.41) is 7.08. The molecule has 5 heterocycles. The van der Waals surface area contributed by atoms with E-state index in [9.17, 15) is 0 Å². The predicted molar refractivity (Wildman–Crippen MR) is 301 cm³/mol. The SMILES string of the molecule is C[C@]1(c2ccc(-c3ccccc3)nc2)CCC[C@]1(C)c1cc(-c2ccccc2-c2cnc3c4ccccc4n4nccc4c3c2-c2ccccc2)cc([C@@]2(C)CCC[C@]2(C)c2ccc(-c3ccccc3)nc2)c1. The molecule has 0 spiro atoms. The van der Waals surface area contributed by atoms with Crippen molar-refractivity contribution in [1.29, 1.82) is 0 Å². The van der Waals surface area contributed by atoms with Crippen LogP contribution in [0.2, 0.25) is 0 Å². The highest BCUT2D eigenvalue weighted by molar-refractivity contribution is 6.18. The minimum absolute atomic E-state index is 0.163. The molecule has 11 aromatic rings. The molecule has 356 valence electrons. The van der Waals surface area contributed by atoms with E-state index in [-0.39, 0.29) is 21.7 Å². The van der Waals surface area contributed by atoms with Crippen molar-refractivity contribution >= 4 is 27.3 Å². The van der Waals surface area contributed by atoms with Gasteiger partial charge in [0.2, 0.25) is 0 Å². The Balaban J connectivity index is 1.03. The number of nitrogens with zero attached hydrogens (tertiary/aromatic N) is 5. The van der Waals surface area contributed by atoms with Crippen molar-refractivity contribution in [2.45, 2.75) is 87.9 Å². The largest absolute Gasteiger partial charge is 0.256 e.